The van der Waals surface area contributed by atoms with E-state index in [1.807, 2.05) is 0 Å². The number of nitrogens with zero attached hydrogens (tertiary/aromatic N) is 5. The quantitative estimate of drug-likeness (QED) is 0.830. The zero-order valence-electron chi connectivity index (χ0n) is 11.6. The van der Waals surface area contributed by atoms with Crippen LogP contribution in [0.1, 0.15) is 23.1 Å². The molecular weight excluding hydrogens is 272 g/mol. The number of aryl methyl sites for hydroxylation is 1. The van der Waals surface area contributed by atoms with Crippen molar-refractivity contribution in [3.8, 4) is 0 Å². The minimum Gasteiger partial charge on any atom is -0.340 e. The standard InChI is InChI=1S/C13H14N6O2/c1-8-13(21)19(7-11-15-17-18(2)16-11)10-6-4-3-5-9(10)12(20)14-8/h3-6,8H,7H2,1-2H3,(H,14,20). The molecule has 1 atom stereocenters. The molecule has 1 aromatic heterocycles. The van der Waals surface area contributed by atoms with Gasteiger partial charge in [-0.05, 0) is 24.3 Å². The molecule has 0 radical (unpaired) electrons. The minimum atomic E-state index is -0.610. The summed E-state index contributed by atoms with van der Waals surface area (Å²) in [6.07, 6.45) is 0. The van der Waals surface area contributed by atoms with Crippen LogP contribution in [0.3, 0.4) is 0 Å². The Hall–Kier alpha value is -2.77. The summed E-state index contributed by atoms with van der Waals surface area (Å²) in [6, 6.07) is 6.36. The molecule has 1 N–H and O–H groups in total. The summed E-state index contributed by atoms with van der Waals surface area (Å²) >= 11 is 0. The van der Waals surface area contributed by atoms with Gasteiger partial charge in [0.2, 0.25) is 5.91 Å². The maximum Gasteiger partial charge on any atom is 0.254 e. The van der Waals surface area contributed by atoms with Gasteiger partial charge in [0.15, 0.2) is 5.82 Å². The number of hydrogen-bond acceptors (Lipinski definition) is 5. The first-order valence-corrected chi connectivity index (χ1v) is 6.50. The summed E-state index contributed by atoms with van der Waals surface area (Å²) in [5.41, 5.74) is 1.01. The Bertz CT molecular complexity index is 710. The Labute approximate surface area is 120 Å². The monoisotopic (exact) mass is 286 g/mol. The Morgan fingerprint density at radius 2 is 2.05 bits per heavy atom. The van der Waals surface area contributed by atoms with E-state index in [1.54, 1.807) is 38.2 Å². The van der Waals surface area contributed by atoms with Gasteiger partial charge in [-0.3, -0.25) is 9.59 Å². The van der Waals surface area contributed by atoms with Crippen molar-refractivity contribution in [3.63, 3.8) is 0 Å². The number of para-hydroxylation sites is 1. The van der Waals surface area contributed by atoms with E-state index in [-0.39, 0.29) is 18.4 Å². The van der Waals surface area contributed by atoms with Crippen LogP contribution < -0.4 is 10.2 Å². The molecule has 0 bridgehead atoms. The van der Waals surface area contributed by atoms with E-state index >= 15 is 0 Å². The molecule has 0 saturated heterocycles. The average molecular weight is 286 g/mol. The topological polar surface area (TPSA) is 93.0 Å². The first-order chi connectivity index (χ1) is 10.1. The highest BCUT2D eigenvalue weighted by Crippen LogP contribution is 2.25. The molecule has 0 saturated carbocycles. The molecule has 8 nitrogen and oxygen atoms in total. The van der Waals surface area contributed by atoms with Crippen molar-refractivity contribution in [2.75, 3.05) is 4.90 Å². The number of anilines is 1. The number of aromatic nitrogens is 4. The summed E-state index contributed by atoms with van der Waals surface area (Å²) in [5.74, 6) is -0.0518. The first-order valence-electron chi connectivity index (χ1n) is 6.50. The second-order valence-electron chi connectivity index (χ2n) is 4.83. The molecule has 2 heterocycles. The third-order valence-corrected chi connectivity index (χ3v) is 3.27. The lowest BCUT2D eigenvalue weighted by molar-refractivity contribution is -0.120. The summed E-state index contributed by atoms with van der Waals surface area (Å²) in [7, 11) is 1.66. The molecular formula is C13H14N6O2. The Morgan fingerprint density at radius 3 is 2.76 bits per heavy atom. The van der Waals surface area contributed by atoms with Crippen LogP contribution in [0.25, 0.3) is 0 Å². The van der Waals surface area contributed by atoms with Crippen LogP contribution in [0, 0.1) is 0 Å². The lowest BCUT2D eigenvalue weighted by Crippen LogP contribution is -2.43. The zero-order chi connectivity index (χ0) is 15.0. The van der Waals surface area contributed by atoms with Gasteiger partial charge in [-0.2, -0.15) is 4.80 Å². The van der Waals surface area contributed by atoms with E-state index in [0.717, 1.165) is 0 Å². The van der Waals surface area contributed by atoms with Crippen LogP contribution >= 0.6 is 0 Å². The number of fused-ring (bicyclic) bond motifs is 1. The molecule has 3 rings (SSSR count). The first kappa shape index (κ1) is 13.2. The van der Waals surface area contributed by atoms with Crippen molar-refractivity contribution < 1.29 is 9.59 Å². The second kappa shape index (κ2) is 4.97. The van der Waals surface area contributed by atoms with Gasteiger partial charge in [0, 0.05) is 0 Å². The van der Waals surface area contributed by atoms with Crippen molar-refractivity contribution in [1.82, 2.24) is 25.5 Å². The molecule has 108 valence electrons. The molecule has 0 aliphatic carbocycles. The van der Waals surface area contributed by atoms with Gasteiger partial charge in [-0.25, -0.2) is 0 Å². The highest BCUT2D eigenvalue weighted by molar-refractivity contribution is 6.10. The fraction of sp³-hybridized carbons (Fsp3) is 0.308. The maximum atomic E-state index is 12.5. The summed E-state index contributed by atoms with van der Waals surface area (Å²) in [4.78, 5) is 27.5. The number of carbonyl (C=O) groups is 2. The maximum absolute atomic E-state index is 12.5. The highest BCUT2D eigenvalue weighted by atomic mass is 16.2. The number of tetrazole rings is 1. The fourth-order valence-electron chi connectivity index (χ4n) is 2.28. The number of rotatable bonds is 2. The summed E-state index contributed by atoms with van der Waals surface area (Å²) in [5, 5.41) is 14.4. The van der Waals surface area contributed by atoms with Gasteiger partial charge in [0.25, 0.3) is 5.91 Å². The average Bonchev–Trinajstić information content (AvgIpc) is 2.85. The smallest absolute Gasteiger partial charge is 0.254 e. The normalized spacial score (nSPS) is 18.2. The van der Waals surface area contributed by atoms with Gasteiger partial charge >= 0.3 is 0 Å². The van der Waals surface area contributed by atoms with E-state index in [0.29, 0.717) is 17.1 Å². The largest absolute Gasteiger partial charge is 0.340 e. The third kappa shape index (κ3) is 2.35. The fourth-order valence-corrected chi connectivity index (χ4v) is 2.28. The molecule has 0 spiro atoms. The summed E-state index contributed by atoms with van der Waals surface area (Å²) < 4.78 is 0. The molecule has 1 aromatic carbocycles. The molecule has 8 heteroatoms. The van der Waals surface area contributed by atoms with Crippen molar-refractivity contribution in [2.24, 2.45) is 7.05 Å². The number of carbonyl (C=O) groups excluding carboxylic acids is 2. The Balaban J connectivity index is 2.04. The number of benzene rings is 1. The van der Waals surface area contributed by atoms with Crippen LogP contribution in [0.15, 0.2) is 24.3 Å². The Kier molecular flexibility index (Phi) is 3.13. The van der Waals surface area contributed by atoms with Crippen LogP contribution in [0.4, 0.5) is 5.69 Å². The van der Waals surface area contributed by atoms with Gasteiger partial charge in [-0.1, -0.05) is 12.1 Å². The third-order valence-electron chi connectivity index (χ3n) is 3.27. The molecule has 1 aliphatic heterocycles. The van der Waals surface area contributed by atoms with E-state index in [2.05, 4.69) is 20.7 Å². The predicted molar refractivity (Wildman–Crippen MR) is 73.4 cm³/mol. The van der Waals surface area contributed by atoms with Gasteiger partial charge < -0.3 is 10.2 Å². The molecule has 2 aromatic rings. The van der Waals surface area contributed by atoms with E-state index in [1.165, 1.54) is 9.70 Å². The highest BCUT2D eigenvalue weighted by Gasteiger charge is 2.31. The lowest BCUT2D eigenvalue weighted by atomic mass is 10.1. The van der Waals surface area contributed by atoms with Gasteiger partial charge in [0.05, 0.1) is 24.8 Å². The molecule has 0 fully saturated rings. The van der Waals surface area contributed by atoms with Crippen molar-refractivity contribution >= 4 is 17.5 Å². The van der Waals surface area contributed by atoms with Crippen LogP contribution in [0.2, 0.25) is 0 Å². The number of amides is 2. The number of nitrogens with one attached hydrogen (secondary N) is 1. The van der Waals surface area contributed by atoms with E-state index < -0.39 is 6.04 Å². The van der Waals surface area contributed by atoms with Gasteiger partial charge in [-0.15, -0.1) is 10.2 Å². The van der Waals surface area contributed by atoms with Crippen molar-refractivity contribution in [1.29, 1.82) is 0 Å². The second-order valence-corrected chi connectivity index (χ2v) is 4.83. The van der Waals surface area contributed by atoms with Crippen LogP contribution in [0.5, 0.6) is 0 Å². The minimum absolute atomic E-state index is 0.170. The van der Waals surface area contributed by atoms with E-state index in [9.17, 15) is 9.59 Å². The zero-order valence-corrected chi connectivity index (χ0v) is 11.6. The Morgan fingerprint density at radius 1 is 1.29 bits per heavy atom. The molecule has 1 aliphatic rings. The van der Waals surface area contributed by atoms with E-state index in [4.69, 9.17) is 0 Å². The SMILES string of the molecule is CC1NC(=O)c2ccccc2N(Cc2nnn(C)n2)C1=O. The molecule has 1 unspecified atom stereocenters. The predicted octanol–water partition coefficient (Wildman–Crippen LogP) is -0.125. The van der Waals surface area contributed by atoms with Crippen LogP contribution in [-0.2, 0) is 18.4 Å². The number of hydrogen-bond donors (Lipinski definition) is 1. The molecule has 2 amide bonds. The molecule has 21 heavy (non-hydrogen) atoms. The lowest BCUT2D eigenvalue weighted by Gasteiger charge is -2.22. The van der Waals surface area contributed by atoms with Crippen LogP contribution in [-0.4, -0.2) is 38.1 Å². The summed E-state index contributed by atoms with van der Waals surface area (Å²) in [6.45, 7) is 1.83. The van der Waals surface area contributed by atoms with Gasteiger partial charge in [0.1, 0.15) is 6.04 Å². The van der Waals surface area contributed by atoms with Crippen molar-refractivity contribution in [3.05, 3.63) is 35.7 Å². The van der Waals surface area contributed by atoms with Crippen molar-refractivity contribution in [2.45, 2.75) is 19.5 Å².